The first kappa shape index (κ1) is 17.5. The van der Waals surface area contributed by atoms with E-state index in [0.29, 0.717) is 28.1 Å². The SMILES string of the molecule is CC(=O)c1c(C)[nH]c(C(=O)[C@@H](C)OC(=O)c2ccc(N)cc2)c1C. The fourth-order valence-corrected chi connectivity index (χ4v) is 2.63. The summed E-state index contributed by atoms with van der Waals surface area (Å²) in [5.41, 5.74) is 8.40. The lowest BCUT2D eigenvalue weighted by molar-refractivity contribution is 0.0317. The van der Waals surface area contributed by atoms with Crippen LogP contribution in [-0.2, 0) is 4.74 Å². The van der Waals surface area contributed by atoms with Crippen molar-refractivity contribution in [3.63, 3.8) is 0 Å². The molecule has 1 heterocycles. The first-order chi connectivity index (χ1) is 11.2. The second-order valence-corrected chi connectivity index (χ2v) is 5.71. The van der Waals surface area contributed by atoms with Gasteiger partial charge >= 0.3 is 5.97 Å². The van der Waals surface area contributed by atoms with E-state index in [9.17, 15) is 14.4 Å². The number of nitrogens with one attached hydrogen (secondary N) is 1. The predicted octanol–water partition coefficient (Wildman–Crippen LogP) is 2.84. The smallest absolute Gasteiger partial charge is 0.338 e. The van der Waals surface area contributed by atoms with Crippen molar-refractivity contribution in [3.8, 4) is 0 Å². The van der Waals surface area contributed by atoms with Crippen LogP contribution in [0.1, 0.15) is 56.3 Å². The van der Waals surface area contributed by atoms with Crippen LogP contribution in [0, 0.1) is 13.8 Å². The topological polar surface area (TPSA) is 102 Å². The summed E-state index contributed by atoms with van der Waals surface area (Å²) in [5.74, 6) is -1.11. The third kappa shape index (κ3) is 3.37. The summed E-state index contributed by atoms with van der Waals surface area (Å²) < 4.78 is 5.22. The molecule has 1 aromatic carbocycles. The molecule has 3 N–H and O–H groups in total. The zero-order chi connectivity index (χ0) is 18.0. The van der Waals surface area contributed by atoms with Crippen LogP contribution in [0.5, 0.6) is 0 Å². The highest BCUT2D eigenvalue weighted by molar-refractivity contribution is 6.05. The maximum absolute atomic E-state index is 12.5. The summed E-state index contributed by atoms with van der Waals surface area (Å²) in [6.45, 7) is 6.37. The number of carbonyl (C=O) groups is 3. The van der Waals surface area contributed by atoms with Crippen LogP contribution in [0.2, 0.25) is 0 Å². The molecule has 0 aliphatic rings. The van der Waals surface area contributed by atoms with Gasteiger partial charge in [0, 0.05) is 16.9 Å². The van der Waals surface area contributed by atoms with E-state index in [1.807, 2.05) is 0 Å². The molecule has 0 aliphatic carbocycles. The van der Waals surface area contributed by atoms with E-state index in [2.05, 4.69) is 4.98 Å². The van der Waals surface area contributed by atoms with Gasteiger partial charge in [-0.1, -0.05) is 0 Å². The van der Waals surface area contributed by atoms with E-state index in [-0.39, 0.29) is 17.3 Å². The molecule has 0 radical (unpaired) electrons. The highest BCUT2D eigenvalue weighted by Crippen LogP contribution is 2.20. The zero-order valence-corrected chi connectivity index (χ0v) is 14.1. The van der Waals surface area contributed by atoms with Crippen molar-refractivity contribution >= 4 is 23.2 Å². The number of nitrogens with two attached hydrogens (primary N) is 1. The number of hydrogen-bond donors (Lipinski definition) is 2. The minimum atomic E-state index is -0.980. The van der Waals surface area contributed by atoms with Gasteiger partial charge in [-0.2, -0.15) is 0 Å². The Kier molecular flexibility index (Phi) is 4.87. The van der Waals surface area contributed by atoms with Crippen LogP contribution >= 0.6 is 0 Å². The van der Waals surface area contributed by atoms with Crippen LogP contribution in [0.25, 0.3) is 0 Å². The molecule has 0 aliphatic heterocycles. The molecular weight excluding hydrogens is 308 g/mol. The molecule has 0 bridgehead atoms. The Morgan fingerprint density at radius 1 is 1.12 bits per heavy atom. The third-order valence-electron chi connectivity index (χ3n) is 3.84. The lowest BCUT2D eigenvalue weighted by Crippen LogP contribution is -2.25. The van der Waals surface area contributed by atoms with Crippen molar-refractivity contribution in [2.45, 2.75) is 33.8 Å². The monoisotopic (exact) mass is 328 g/mol. The van der Waals surface area contributed by atoms with Crippen LogP contribution in [0.15, 0.2) is 24.3 Å². The van der Waals surface area contributed by atoms with Crippen LogP contribution in [0.4, 0.5) is 5.69 Å². The zero-order valence-electron chi connectivity index (χ0n) is 14.1. The number of aryl methyl sites for hydroxylation is 1. The van der Waals surface area contributed by atoms with Crippen LogP contribution in [0.3, 0.4) is 0 Å². The minimum absolute atomic E-state index is 0.119. The summed E-state index contributed by atoms with van der Waals surface area (Å²) in [4.78, 5) is 39.2. The number of Topliss-reactive ketones (excluding diaryl/α,β-unsaturated/α-hetero) is 2. The fourth-order valence-electron chi connectivity index (χ4n) is 2.63. The number of ketones is 2. The Hall–Kier alpha value is -2.89. The molecule has 6 heteroatoms. The second kappa shape index (κ2) is 6.70. The first-order valence-corrected chi connectivity index (χ1v) is 7.53. The number of H-pyrrole nitrogens is 1. The number of carbonyl (C=O) groups excluding carboxylic acids is 3. The number of nitrogen functional groups attached to an aromatic ring is 1. The first-order valence-electron chi connectivity index (χ1n) is 7.53. The normalized spacial score (nSPS) is 11.8. The van der Waals surface area contributed by atoms with E-state index in [1.54, 1.807) is 26.0 Å². The summed E-state index contributed by atoms with van der Waals surface area (Å²) in [6, 6.07) is 6.24. The number of rotatable bonds is 5. The summed E-state index contributed by atoms with van der Waals surface area (Å²) in [5, 5.41) is 0. The molecule has 0 amide bonds. The molecule has 0 saturated carbocycles. The van der Waals surface area contributed by atoms with Gasteiger partial charge in [-0.25, -0.2) is 4.79 Å². The molecule has 0 fully saturated rings. The number of hydrogen-bond acceptors (Lipinski definition) is 5. The van der Waals surface area contributed by atoms with E-state index >= 15 is 0 Å². The molecule has 1 aromatic heterocycles. The van der Waals surface area contributed by atoms with Gasteiger partial charge in [0.15, 0.2) is 11.9 Å². The highest BCUT2D eigenvalue weighted by Gasteiger charge is 2.26. The molecule has 2 aromatic rings. The molecule has 24 heavy (non-hydrogen) atoms. The maximum Gasteiger partial charge on any atom is 0.338 e. The Morgan fingerprint density at radius 2 is 1.71 bits per heavy atom. The van der Waals surface area contributed by atoms with Crippen molar-refractivity contribution in [2.75, 3.05) is 5.73 Å². The Bertz CT molecular complexity index is 803. The lowest BCUT2D eigenvalue weighted by Gasteiger charge is -2.12. The van der Waals surface area contributed by atoms with Gasteiger partial charge in [-0.15, -0.1) is 0 Å². The number of aromatic amines is 1. The predicted molar refractivity (Wildman–Crippen MR) is 90.3 cm³/mol. The van der Waals surface area contributed by atoms with Gasteiger partial charge in [-0.3, -0.25) is 9.59 Å². The number of esters is 1. The quantitative estimate of drug-likeness (QED) is 0.499. The van der Waals surface area contributed by atoms with Crippen LogP contribution in [-0.4, -0.2) is 28.6 Å². The summed E-state index contributed by atoms with van der Waals surface area (Å²) >= 11 is 0. The molecule has 6 nitrogen and oxygen atoms in total. The van der Waals surface area contributed by atoms with Gasteiger partial charge in [0.25, 0.3) is 0 Å². The lowest BCUT2D eigenvalue weighted by atomic mass is 10.0. The van der Waals surface area contributed by atoms with E-state index in [0.717, 1.165) is 0 Å². The Balaban J connectivity index is 2.18. The van der Waals surface area contributed by atoms with E-state index in [1.165, 1.54) is 26.0 Å². The Labute approximate surface area is 140 Å². The summed E-state index contributed by atoms with van der Waals surface area (Å²) in [6.07, 6.45) is -0.980. The van der Waals surface area contributed by atoms with E-state index < -0.39 is 12.1 Å². The van der Waals surface area contributed by atoms with Crippen molar-refractivity contribution in [1.29, 1.82) is 0 Å². The van der Waals surface area contributed by atoms with E-state index in [4.69, 9.17) is 10.5 Å². The van der Waals surface area contributed by atoms with Gasteiger partial charge in [-0.05, 0) is 57.5 Å². The average molecular weight is 328 g/mol. The largest absolute Gasteiger partial charge is 0.451 e. The average Bonchev–Trinajstić information content (AvgIpc) is 2.81. The molecule has 2 rings (SSSR count). The van der Waals surface area contributed by atoms with Crippen molar-refractivity contribution in [1.82, 2.24) is 4.98 Å². The van der Waals surface area contributed by atoms with Crippen molar-refractivity contribution in [2.24, 2.45) is 0 Å². The number of anilines is 1. The van der Waals surface area contributed by atoms with Gasteiger partial charge in [0.2, 0.25) is 5.78 Å². The molecular formula is C18H20N2O4. The standard InChI is InChI=1S/C18H20N2O4/c1-9-15(11(3)21)10(2)20-16(9)17(22)12(4)24-18(23)13-5-7-14(19)8-6-13/h5-8,12,20H,19H2,1-4H3/t12-/m1/s1. The molecule has 0 unspecified atom stereocenters. The molecule has 126 valence electrons. The fraction of sp³-hybridized carbons (Fsp3) is 0.278. The van der Waals surface area contributed by atoms with Crippen molar-refractivity contribution in [3.05, 3.63) is 52.3 Å². The van der Waals surface area contributed by atoms with Crippen molar-refractivity contribution < 1.29 is 19.1 Å². The van der Waals surface area contributed by atoms with Crippen LogP contribution < -0.4 is 5.73 Å². The number of ether oxygens (including phenoxy) is 1. The molecule has 1 atom stereocenters. The number of aromatic nitrogens is 1. The number of benzene rings is 1. The Morgan fingerprint density at radius 3 is 2.21 bits per heavy atom. The summed E-state index contributed by atoms with van der Waals surface area (Å²) in [7, 11) is 0. The van der Waals surface area contributed by atoms with Gasteiger partial charge in [0.05, 0.1) is 11.3 Å². The van der Waals surface area contributed by atoms with Gasteiger partial charge in [0.1, 0.15) is 0 Å². The molecule has 0 saturated heterocycles. The molecule has 0 spiro atoms. The third-order valence-corrected chi connectivity index (χ3v) is 3.84. The van der Waals surface area contributed by atoms with Gasteiger partial charge < -0.3 is 15.5 Å². The highest BCUT2D eigenvalue weighted by atomic mass is 16.5. The maximum atomic E-state index is 12.5. The second-order valence-electron chi connectivity index (χ2n) is 5.71. The minimum Gasteiger partial charge on any atom is -0.451 e.